The first-order valence-electron chi connectivity index (χ1n) is 5.81. The van der Waals surface area contributed by atoms with Gasteiger partial charge in [-0.25, -0.2) is 0 Å². The van der Waals surface area contributed by atoms with Crippen molar-refractivity contribution in [2.75, 3.05) is 19.6 Å². The van der Waals surface area contributed by atoms with Gasteiger partial charge in [0, 0.05) is 32.5 Å². The minimum absolute atomic E-state index is 0.0334. The average Bonchev–Trinajstić information content (AvgIpc) is 2.61. The maximum Gasteiger partial charge on any atom is 0.308 e. The molecule has 0 aromatic rings. The Bertz CT molecular complexity index is 317. The number of nitrogens with zero attached hydrogens (tertiary/aromatic N) is 1. The van der Waals surface area contributed by atoms with Gasteiger partial charge in [0.2, 0.25) is 11.8 Å². The summed E-state index contributed by atoms with van der Waals surface area (Å²) in [5.74, 6) is -1.72. The van der Waals surface area contributed by atoms with Crippen LogP contribution in [0.25, 0.3) is 0 Å². The Morgan fingerprint density at radius 3 is 2.76 bits per heavy atom. The normalized spacial score (nSPS) is 19.5. The molecule has 0 saturated carbocycles. The van der Waals surface area contributed by atoms with Crippen LogP contribution in [0.15, 0.2) is 0 Å². The molecule has 1 fully saturated rings. The number of carboxylic acid groups (broad SMARTS) is 1. The predicted molar refractivity (Wildman–Crippen MR) is 60.2 cm³/mol. The summed E-state index contributed by atoms with van der Waals surface area (Å²) in [7, 11) is 0. The Kier molecular flexibility index (Phi) is 4.93. The molecule has 6 heteroatoms. The van der Waals surface area contributed by atoms with Gasteiger partial charge in [0.05, 0.1) is 5.92 Å². The van der Waals surface area contributed by atoms with Crippen molar-refractivity contribution >= 4 is 17.8 Å². The third kappa shape index (κ3) is 4.05. The van der Waals surface area contributed by atoms with Gasteiger partial charge in [-0.3, -0.25) is 14.4 Å². The van der Waals surface area contributed by atoms with E-state index in [0.29, 0.717) is 19.5 Å². The molecule has 1 unspecified atom stereocenters. The molecule has 2 N–H and O–H groups in total. The summed E-state index contributed by atoms with van der Waals surface area (Å²) in [5, 5.41) is 11.5. The molecule has 0 bridgehead atoms. The van der Waals surface area contributed by atoms with Gasteiger partial charge in [0.1, 0.15) is 0 Å². The molecule has 1 atom stereocenters. The van der Waals surface area contributed by atoms with Crippen LogP contribution in [0.2, 0.25) is 0 Å². The van der Waals surface area contributed by atoms with E-state index < -0.39 is 11.9 Å². The maximum atomic E-state index is 11.4. The van der Waals surface area contributed by atoms with Crippen LogP contribution in [-0.4, -0.2) is 47.4 Å². The third-order valence-electron chi connectivity index (χ3n) is 2.74. The Hall–Kier alpha value is -1.59. The number of carbonyl (C=O) groups is 3. The number of carboxylic acids is 1. The summed E-state index contributed by atoms with van der Waals surface area (Å²) in [6.45, 7) is 2.94. The number of hydrogen-bond donors (Lipinski definition) is 2. The van der Waals surface area contributed by atoms with Crippen molar-refractivity contribution in [3.05, 3.63) is 0 Å². The minimum Gasteiger partial charge on any atom is -0.481 e. The highest BCUT2D eigenvalue weighted by molar-refractivity contribution is 5.86. The number of carbonyl (C=O) groups excluding carboxylic acids is 2. The molecule has 0 aromatic heterocycles. The highest BCUT2D eigenvalue weighted by Crippen LogP contribution is 2.16. The van der Waals surface area contributed by atoms with E-state index in [9.17, 15) is 14.4 Å². The van der Waals surface area contributed by atoms with E-state index in [0.717, 1.165) is 6.42 Å². The number of aliphatic carboxylic acids is 1. The molecule has 1 aliphatic heterocycles. The minimum atomic E-state index is -0.934. The Labute approximate surface area is 100.0 Å². The van der Waals surface area contributed by atoms with Crippen LogP contribution in [0.4, 0.5) is 0 Å². The van der Waals surface area contributed by atoms with Gasteiger partial charge >= 0.3 is 5.97 Å². The van der Waals surface area contributed by atoms with Crippen molar-refractivity contribution < 1.29 is 19.5 Å². The molecule has 96 valence electrons. The smallest absolute Gasteiger partial charge is 0.308 e. The van der Waals surface area contributed by atoms with Crippen LogP contribution in [0.5, 0.6) is 0 Å². The SMILES string of the molecule is CCCC(=O)NCCN1CC(C(=O)O)CC1=O. The highest BCUT2D eigenvalue weighted by atomic mass is 16.4. The van der Waals surface area contributed by atoms with E-state index >= 15 is 0 Å². The average molecular weight is 242 g/mol. The van der Waals surface area contributed by atoms with Gasteiger partial charge in [-0.15, -0.1) is 0 Å². The van der Waals surface area contributed by atoms with E-state index in [-0.39, 0.29) is 24.8 Å². The number of amides is 2. The quantitative estimate of drug-likeness (QED) is 0.677. The molecule has 1 aliphatic rings. The topological polar surface area (TPSA) is 86.7 Å². The fourth-order valence-electron chi connectivity index (χ4n) is 1.80. The Morgan fingerprint density at radius 1 is 1.53 bits per heavy atom. The molecule has 1 rings (SSSR count). The fourth-order valence-corrected chi connectivity index (χ4v) is 1.80. The second kappa shape index (κ2) is 6.22. The number of likely N-dealkylation sites (tertiary alicyclic amines) is 1. The van der Waals surface area contributed by atoms with Crippen LogP contribution >= 0.6 is 0 Å². The molecule has 17 heavy (non-hydrogen) atoms. The molecule has 2 amide bonds. The predicted octanol–water partition coefficient (Wildman–Crippen LogP) is -0.164. The Balaban J connectivity index is 2.26. The summed E-state index contributed by atoms with van der Waals surface area (Å²) in [6.07, 6.45) is 1.33. The zero-order valence-corrected chi connectivity index (χ0v) is 9.94. The van der Waals surface area contributed by atoms with Gasteiger partial charge in [-0.05, 0) is 6.42 Å². The number of nitrogens with one attached hydrogen (secondary N) is 1. The molecule has 1 heterocycles. The summed E-state index contributed by atoms with van der Waals surface area (Å²) in [6, 6.07) is 0. The lowest BCUT2D eigenvalue weighted by atomic mass is 10.1. The lowest BCUT2D eigenvalue weighted by Gasteiger charge is -2.16. The van der Waals surface area contributed by atoms with Gasteiger partial charge < -0.3 is 15.3 Å². The first-order chi connectivity index (χ1) is 8.04. The second-order valence-corrected chi connectivity index (χ2v) is 4.18. The van der Waals surface area contributed by atoms with Crippen LogP contribution < -0.4 is 5.32 Å². The van der Waals surface area contributed by atoms with E-state index in [1.807, 2.05) is 6.92 Å². The van der Waals surface area contributed by atoms with Crippen LogP contribution in [-0.2, 0) is 14.4 Å². The lowest BCUT2D eigenvalue weighted by Crippen LogP contribution is -2.36. The first-order valence-corrected chi connectivity index (χ1v) is 5.81. The molecule has 0 radical (unpaired) electrons. The lowest BCUT2D eigenvalue weighted by molar-refractivity contribution is -0.141. The highest BCUT2D eigenvalue weighted by Gasteiger charge is 2.33. The monoisotopic (exact) mass is 242 g/mol. The van der Waals surface area contributed by atoms with Crippen molar-refractivity contribution in [1.29, 1.82) is 0 Å². The molecule has 0 spiro atoms. The van der Waals surface area contributed by atoms with Gasteiger partial charge in [0.15, 0.2) is 0 Å². The van der Waals surface area contributed by atoms with Crippen molar-refractivity contribution in [3.63, 3.8) is 0 Å². The zero-order valence-electron chi connectivity index (χ0n) is 9.94. The van der Waals surface area contributed by atoms with Crippen molar-refractivity contribution in [1.82, 2.24) is 10.2 Å². The molecule has 1 saturated heterocycles. The van der Waals surface area contributed by atoms with E-state index in [1.54, 1.807) is 0 Å². The molecule has 0 aromatic carbocycles. The van der Waals surface area contributed by atoms with E-state index in [1.165, 1.54) is 4.90 Å². The van der Waals surface area contributed by atoms with Gasteiger partial charge in [-0.2, -0.15) is 0 Å². The van der Waals surface area contributed by atoms with Crippen LogP contribution in [0.1, 0.15) is 26.2 Å². The van der Waals surface area contributed by atoms with E-state index in [2.05, 4.69) is 5.32 Å². The molecule has 0 aliphatic carbocycles. The van der Waals surface area contributed by atoms with Crippen LogP contribution in [0, 0.1) is 5.92 Å². The van der Waals surface area contributed by atoms with Gasteiger partial charge in [0.25, 0.3) is 0 Å². The summed E-state index contributed by atoms with van der Waals surface area (Å²) < 4.78 is 0. The summed E-state index contributed by atoms with van der Waals surface area (Å²) >= 11 is 0. The second-order valence-electron chi connectivity index (χ2n) is 4.18. The van der Waals surface area contributed by atoms with Crippen molar-refractivity contribution in [2.45, 2.75) is 26.2 Å². The maximum absolute atomic E-state index is 11.4. The first kappa shape index (κ1) is 13.5. The summed E-state index contributed by atoms with van der Waals surface area (Å²) in [5.41, 5.74) is 0. The van der Waals surface area contributed by atoms with Crippen molar-refractivity contribution in [2.24, 2.45) is 5.92 Å². The third-order valence-corrected chi connectivity index (χ3v) is 2.74. The largest absolute Gasteiger partial charge is 0.481 e. The standard InChI is InChI=1S/C11H18N2O4/c1-2-3-9(14)12-4-5-13-7-8(11(16)17)6-10(13)15/h8H,2-7H2,1H3,(H,12,14)(H,16,17). The molecular weight excluding hydrogens is 224 g/mol. The van der Waals surface area contributed by atoms with Crippen molar-refractivity contribution in [3.8, 4) is 0 Å². The number of hydrogen-bond acceptors (Lipinski definition) is 3. The van der Waals surface area contributed by atoms with Gasteiger partial charge in [-0.1, -0.05) is 6.92 Å². The molecule has 6 nitrogen and oxygen atoms in total. The summed E-state index contributed by atoms with van der Waals surface area (Å²) in [4.78, 5) is 34.8. The Morgan fingerprint density at radius 2 is 2.24 bits per heavy atom. The number of rotatable bonds is 6. The van der Waals surface area contributed by atoms with Crippen LogP contribution in [0.3, 0.4) is 0 Å². The molecular formula is C11H18N2O4. The van der Waals surface area contributed by atoms with E-state index in [4.69, 9.17) is 5.11 Å². The fraction of sp³-hybridized carbons (Fsp3) is 0.727. The zero-order chi connectivity index (χ0) is 12.8.